The van der Waals surface area contributed by atoms with Gasteiger partial charge in [-0.05, 0) is 33.3 Å². The minimum atomic E-state index is -1.08. The Morgan fingerprint density at radius 3 is 2.37 bits per heavy atom. The molecule has 1 aromatic rings. The smallest absolute Gasteiger partial charge is 0.437 e. The Morgan fingerprint density at radius 1 is 1.32 bits per heavy atom. The molecule has 1 atom stereocenters. The second kappa shape index (κ2) is 6.54. The number of hydroxylamine groups is 2. The van der Waals surface area contributed by atoms with Crippen LogP contribution in [0.5, 0.6) is 0 Å². The summed E-state index contributed by atoms with van der Waals surface area (Å²) in [5.74, 6) is 0. The summed E-state index contributed by atoms with van der Waals surface area (Å²) in [4.78, 5) is 17.1. The number of carbonyl (C=O) groups excluding carboxylic acids is 1. The Balaban J connectivity index is 2.61. The fourth-order valence-corrected chi connectivity index (χ4v) is 1.34. The van der Waals surface area contributed by atoms with Crippen LogP contribution in [0, 0.1) is 0 Å². The lowest BCUT2D eigenvalue weighted by atomic mass is 10.2. The highest BCUT2D eigenvalue weighted by atomic mass is 16.7. The Bertz CT molecular complexity index is 398. The molecule has 1 N–H and O–H groups in total. The molecule has 106 valence electrons. The Labute approximate surface area is 113 Å². The van der Waals surface area contributed by atoms with E-state index in [0.717, 1.165) is 10.6 Å². The van der Waals surface area contributed by atoms with Crippen LogP contribution in [0.4, 0.5) is 4.79 Å². The van der Waals surface area contributed by atoms with Gasteiger partial charge in [-0.3, -0.25) is 4.84 Å². The van der Waals surface area contributed by atoms with Crippen molar-refractivity contribution in [2.75, 3.05) is 0 Å². The second-order valence-electron chi connectivity index (χ2n) is 5.20. The van der Waals surface area contributed by atoms with Crippen LogP contribution in [0.2, 0.25) is 0 Å². The van der Waals surface area contributed by atoms with Gasteiger partial charge in [0.2, 0.25) is 0 Å². The molecule has 0 aliphatic rings. The number of hydrogen-bond acceptors (Lipinski definition) is 4. The lowest BCUT2D eigenvalue weighted by molar-refractivity contribution is -0.220. The highest BCUT2D eigenvalue weighted by Gasteiger charge is 2.26. The first-order valence-corrected chi connectivity index (χ1v) is 6.17. The standard InChI is InChI=1S/C14H21NO4/c1-11(16)15(13(17)19-14(2,3)4)18-10-12-8-6-5-7-9-12/h5-9,11,16H,10H2,1-4H3. The summed E-state index contributed by atoms with van der Waals surface area (Å²) in [7, 11) is 0. The SMILES string of the molecule is CC(O)N(OCc1ccccc1)C(=O)OC(C)(C)C. The third-order valence-corrected chi connectivity index (χ3v) is 2.13. The molecule has 0 aliphatic heterocycles. The van der Waals surface area contributed by atoms with Crippen molar-refractivity contribution in [1.82, 2.24) is 5.06 Å². The Morgan fingerprint density at radius 2 is 1.89 bits per heavy atom. The summed E-state index contributed by atoms with van der Waals surface area (Å²) >= 11 is 0. The zero-order valence-corrected chi connectivity index (χ0v) is 11.8. The van der Waals surface area contributed by atoms with E-state index in [-0.39, 0.29) is 6.61 Å². The topological polar surface area (TPSA) is 59.0 Å². The van der Waals surface area contributed by atoms with E-state index in [2.05, 4.69) is 0 Å². The molecule has 19 heavy (non-hydrogen) atoms. The van der Waals surface area contributed by atoms with Crippen LogP contribution < -0.4 is 0 Å². The number of rotatable bonds is 4. The van der Waals surface area contributed by atoms with Crippen molar-refractivity contribution in [3.63, 3.8) is 0 Å². The normalized spacial score (nSPS) is 12.9. The molecule has 0 heterocycles. The summed E-state index contributed by atoms with van der Waals surface area (Å²) in [6.45, 7) is 6.88. The van der Waals surface area contributed by atoms with Crippen molar-refractivity contribution in [3.05, 3.63) is 35.9 Å². The van der Waals surface area contributed by atoms with Crippen LogP contribution in [0.3, 0.4) is 0 Å². The maximum atomic E-state index is 11.8. The minimum Gasteiger partial charge on any atom is -0.442 e. The van der Waals surface area contributed by atoms with E-state index >= 15 is 0 Å². The van der Waals surface area contributed by atoms with Crippen LogP contribution in [-0.4, -0.2) is 28.1 Å². The van der Waals surface area contributed by atoms with Gasteiger partial charge in [0.1, 0.15) is 12.2 Å². The molecule has 1 rings (SSSR count). The van der Waals surface area contributed by atoms with Crippen molar-refractivity contribution >= 4 is 6.09 Å². The van der Waals surface area contributed by atoms with Gasteiger partial charge in [-0.2, -0.15) is 5.06 Å². The van der Waals surface area contributed by atoms with Gasteiger partial charge in [0.25, 0.3) is 0 Å². The van der Waals surface area contributed by atoms with Gasteiger partial charge in [0.05, 0.1) is 0 Å². The first-order valence-electron chi connectivity index (χ1n) is 6.17. The maximum Gasteiger partial charge on any atom is 0.437 e. The maximum absolute atomic E-state index is 11.8. The Kier molecular flexibility index (Phi) is 5.32. The quantitative estimate of drug-likeness (QED) is 0.673. The summed E-state index contributed by atoms with van der Waals surface area (Å²) in [5, 5.41) is 10.4. The monoisotopic (exact) mass is 267 g/mol. The number of carbonyl (C=O) groups is 1. The third kappa shape index (κ3) is 5.72. The number of benzene rings is 1. The molecule has 0 saturated carbocycles. The predicted molar refractivity (Wildman–Crippen MR) is 71.0 cm³/mol. The van der Waals surface area contributed by atoms with E-state index in [4.69, 9.17) is 9.57 Å². The Hall–Kier alpha value is -1.59. The zero-order valence-electron chi connectivity index (χ0n) is 11.8. The van der Waals surface area contributed by atoms with Gasteiger partial charge >= 0.3 is 6.09 Å². The summed E-state index contributed by atoms with van der Waals surface area (Å²) in [6, 6.07) is 9.38. The first kappa shape index (κ1) is 15.5. The fourth-order valence-electron chi connectivity index (χ4n) is 1.34. The number of amides is 1. The highest BCUT2D eigenvalue weighted by Crippen LogP contribution is 2.13. The van der Waals surface area contributed by atoms with Crippen LogP contribution in [0.1, 0.15) is 33.3 Å². The molecule has 1 unspecified atom stereocenters. The zero-order chi connectivity index (χ0) is 14.5. The van der Waals surface area contributed by atoms with Crippen molar-refractivity contribution < 1.29 is 19.5 Å². The molecule has 1 aromatic carbocycles. The average molecular weight is 267 g/mol. The van der Waals surface area contributed by atoms with Gasteiger partial charge in [-0.15, -0.1) is 0 Å². The average Bonchev–Trinajstić information content (AvgIpc) is 2.27. The molecule has 5 heteroatoms. The molecule has 0 bridgehead atoms. The van der Waals surface area contributed by atoms with E-state index in [1.54, 1.807) is 20.8 Å². The van der Waals surface area contributed by atoms with E-state index in [9.17, 15) is 9.90 Å². The van der Waals surface area contributed by atoms with Gasteiger partial charge < -0.3 is 9.84 Å². The van der Waals surface area contributed by atoms with E-state index < -0.39 is 17.9 Å². The van der Waals surface area contributed by atoms with Crippen molar-refractivity contribution in [2.45, 2.75) is 46.1 Å². The van der Waals surface area contributed by atoms with Gasteiger partial charge in [0.15, 0.2) is 6.23 Å². The van der Waals surface area contributed by atoms with E-state index in [1.807, 2.05) is 30.3 Å². The van der Waals surface area contributed by atoms with Crippen LogP contribution in [0.15, 0.2) is 30.3 Å². The van der Waals surface area contributed by atoms with Crippen LogP contribution in [-0.2, 0) is 16.2 Å². The van der Waals surface area contributed by atoms with Crippen LogP contribution in [0.25, 0.3) is 0 Å². The minimum absolute atomic E-state index is 0.185. The summed E-state index contributed by atoms with van der Waals surface area (Å²) in [5.41, 5.74) is 0.261. The van der Waals surface area contributed by atoms with Gasteiger partial charge in [0, 0.05) is 0 Å². The molecular weight excluding hydrogens is 246 g/mol. The van der Waals surface area contributed by atoms with E-state index in [0.29, 0.717) is 0 Å². The summed E-state index contributed by atoms with van der Waals surface area (Å²) < 4.78 is 5.15. The second-order valence-corrected chi connectivity index (χ2v) is 5.20. The first-order chi connectivity index (χ1) is 8.79. The lowest BCUT2D eigenvalue weighted by Gasteiger charge is -2.28. The fraction of sp³-hybridized carbons (Fsp3) is 0.500. The lowest BCUT2D eigenvalue weighted by Crippen LogP contribution is -2.41. The molecule has 0 spiro atoms. The number of aliphatic hydroxyl groups excluding tert-OH is 1. The molecule has 5 nitrogen and oxygen atoms in total. The van der Waals surface area contributed by atoms with Crippen molar-refractivity contribution in [2.24, 2.45) is 0 Å². The molecule has 0 radical (unpaired) electrons. The van der Waals surface area contributed by atoms with E-state index in [1.165, 1.54) is 6.92 Å². The van der Waals surface area contributed by atoms with Gasteiger partial charge in [-0.25, -0.2) is 4.79 Å². The van der Waals surface area contributed by atoms with Crippen molar-refractivity contribution in [1.29, 1.82) is 0 Å². The molecule has 1 amide bonds. The highest BCUT2D eigenvalue weighted by molar-refractivity contribution is 5.66. The third-order valence-electron chi connectivity index (χ3n) is 2.13. The number of aliphatic hydroxyl groups is 1. The molecule has 0 saturated heterocycles. The molecule has 0 fully saturated rings. The molecule has 0 aromatic heterocycles. The number of hydrogen-bond donors (Lipinski definition) is 1. The van der Waals surface area contributed by atoms with Crippen molar-refractivity contribution in [3.8, 4) is 0 Å². The molecule has 0 aliphatic carbocycles. The number of ether oxygens (including phenoxy) is 1. The van der Waals surface area contributed by atoms with Crippen LogP contribution >= 0.6 is 0 Å². The predicted octanol–water partition coefficient (Wildman–Crippen LogP) is 2.69. The largest absolute Gasteiger partial charge is 0.442 e. The molecular formula is C14H21NO4. The summed E-state index contributed by atoms with van der Waals surface area (Å²) in [6.07, 6.45) is -1.79. The van der Waals surface area contributed by atoms with Gasteiger partial charge in [-0.1, -0.05) is 30.3 Å². The number of nitrogens with zero attached hydrogens (tertiary/aromatic N) is 1.